The van der Waals surface area contributed by atoms with Gasteiger partial charge in [0.15, 0.2) is 0 Å². The Bertz CT molecular complexity index is 46.5. The maximum Gasteiger partial charge on any atom is 0.0760 e. The summed E-state index contributed by atoms with van der Waals surface area (Å²) in [6.07, 6.45) is 0. The molecule has 0 spiro atoms. The van der Waals surface area contributed by atoms with E-state index in [0.717, 1.165) is 0 Å². The molecule has 0 rings (SSSR count). The van der Waals surface area contributed by atoms with Crippen molar-refractivity contribution in [1.29, 1.82) is 0 Å². The Morgan fingerprint density at radius 1 is 1.38 bits per heavy atom. The highest BCUT2D eigenvalue weighted by Gasteiger charge is 1.94. The zero-order valence-electron chi connectivity index (χ0n) is 6.28. The van der Waals surface area contributed by atoms with E-state index in [1.165, 1.54) is 13.1 Å². The first kappa shape index (κ1) is 8.61. The monoisotopic (exact) mass is 163 g/mol. The Morgan fingerprint density at radius 2 is 1.88 bits per heavy atom. The van der Waals surface area contributed by atoms with E-state index in [0.29, 0.717) is 17.8 Å². The van der Waals surface area contributed by atoms with Crippen molar-refractivity contribution < 1.29 is 0 Å². The summed E-state index contributed by atoms with van der Waals surface area (Å²) >= 11 is 0. The fraction of sp³-hybridized carbons (Fsp3) is 1.00. The van der Waals surface area contributed by atoms with Crippen LogP contribution < -0.4 is 0 Å². The van der Waals surface area contributed by atoms with Gasteiger partial charge in [-0.2, -0.15) is 0 Å². The highest BCUT2D eigenvalue weighted by atomic mass is 29.5. The Balaban J connectivity index is 3.07. The lowest BCUT2D eigenvalue weighted by atomic mass is 10.7. The predicted molar refractivity (Wildman–Crippen MR) is 49.9 cm³/mol. The highest BCUT2D eigenvalue weighted by molar-refractivity contribution is 7.22. The molecule has 1 nitrogen and oxygen atoms in total. The molecule has 0 fully saturated rings. The van der Waals surface area contributed by atoms with Gasteiger partial charge < -0.3 is 4.57 Å². The van der Waals surface area contributed by atoms with Crippen molar-refractivity contribution in [2.75, 3.05) is 13.1 Å². The zero-order chi connectivity index (χ0) is 6.41. The van der Waals surface area contributed by atoms with Gasteiger partial charge in [0.25, 0.3) is 0 Å². The summed E-state index contributed by atoms with van der Waals surface area (Å²) in [5, 5.41) is 0. The summed E-state index contributed by atoms with van der Waals surface area (Å²) in [6, 6.07) is 0. The molecule has 0 aromatic heterocycles. The minimum absolute atomic E-state index is 0.370. The molecular weight excluding hydrogens is 146 g/mol. The Morgan fingerprint density at radius 3 is 2.00 bits per heavy atom. The number of hydrogen-bond donors (Lipinski definition) is 0. The molecule has 0 N–H and O–H groups in total. The van der Waals surface area contributed by atoms with E-state index in [1.807, 2.05) is 0 Å². The van der Waals surface area contributed by atoms with Gasteiger partial charge in [0.2, 0.25) is 0 Å². The SMILES string of the molecule is CCN(CC)[SiH2][SiH2][SiH3]. The van der Waals surface area contributed by atoms with Crippen LogP contribution in [0.5, 0.6) is 0 Å². The van der Waals surface area contributed by atoms with Gasteiger partial charge in [-0.05, 0) is 22.8 Å². The Labute approximate surface area is 59.6 Å². The van der Waals surface area contributed by atoms with Gasteiger partial charge in [0, 0.05) is 8.55 Å². The second kappa shape index (κ2) is 5.74. The van der Waals surface area contributed by atoms with Crippen LogP contribution in [0.3, 0.4) is 0 Å². The van der Waals surface area contributed by atoms with Crippen LogP contribution in [0.1, 0.15) is 13.8 Å². The number of hydrogen-bond acceptors (Lipinski definition) is 1. The van der Waals surface area contributed by atoms with Gasteiger partial charge in [-0.25, -0.2) is 0 Å². The van der Waals surface area contributed by atoms with Crippen molar-refractivity contribution in [2.45, 2.75) is 13.8 Å². The smallest absolute Gasteiger partial charge is 0.0760 e. The van der Waals surface area contributed by atoms with Crippen LogP contribution in [-0.2, 0) is 0 Å². The molecular formula is C4H17NSi3. The van der Waals surface area contributed by atoms with Crippen LogP contribution >= 0.6 is 0 Å². The van der Waals surface area contributed by atoms with E-state index in [1.54, 1.807) is 9.76 Å². The van der Waals surface area contributed by atoms with Gasteiger partial charge >= 0.3 is 0 Å². The predicted octanol–water partition coefficient (Wildman–Crippen LogP) is -2.22. The first-order valence-corrected chi connectivity index (χ1v) is 13.9. The Hall–Kier alpha value is 0.611. The van der Waals surface area contributed by atoms with E-state index < -0.39 is 0 Å². The summed E-state index contributed by atoms with van der Waals surface area (Å²) in [6.45, 7) is 7.19. The average molecular weight is 163 g/mol. The molecule has 0 atom stereocenters. The molecule has 0 unspecified atom stereocenters. The topological polar surface area (TPSA) is 3.24 Å². The normalized spacial score (nSPS) is 13.9. The number of nitrogens with zero attached hydrogens (tertiary/aromatic N) is 1. The largest absolute Gasteiger partial charge is 0.333 e. The molecule has 0 radical (unpaired) electrons. The van der Waals surface area contributed by atoms with Gasteiger partial charge in [-0.15, -0.1) is 0 Å². The molecule has 0 aliphatic rings. The van der Waals surface area contributed by atoms with Crippen LogP contribution in [-0.4, -0.2) is 45.2 Å². The standard InChI is InChI=1S/C4H17NSi3/c1-3-5(4-2)7-8-6/h3-4,7-8H2,1-2,6H3. The highest BCUT2D eigenvalue weighted by Crippen LogP contribution is 1.78. The van der Waals surface area contributed by atoms with E-state index in [4.69, 9.17) is 0 Å². The Kier molecular flexibility index (Phi) is 6.18. The van der Waals surface area contributed by atoms with Crippen molar-refractivity contribution in [2.24, 2.45) is 0 Å². The third kappa shape index (κ3) is 3.59. The molecule has 0 heterocycles. The molecule has 0 aliphatic heterocycles. The molecule has 0 aromatic rings. The van der Waals surface area contributed by atoms with Crippen molar-refractivity contribution in [3.8, 4) is 0 Å². The van der Waals surface area contributed by atoms with Crippen LogP contribution in [0.15, 0.2) is 0 Å². The van der Waals surface area contributed by atoms with Crippen LogP contribution in [0.25, 0.3) is 0 Å². The summed E-state index contributed by atoms with van der Waals surface area (Å²) in [4.78, 5) is 0. The fourth-order valence-electron chi connectivity index (χ4n) is 0.856. The maximum absolute atomic E-state index is 2.67. The molecule has 8 heavy (non-hydrogen) atoms. The van der Waals surface area contributed by atoms with Crippen LogP contribution in [0, 0.1) is 0 Å². The van der Waals surface area contributed by atoms with Crippen molar-refractivity contribution >= 4 is 27.5 Å². The second-order valence-corrected chi connectivity index (χ2v) is 17.7. The quantitative estimate of drug-likeness (QED) is 0.424. The maximum atomic E-state index is 2.67. The molecule has 0 amide bonds. The molecule has 50 valence electrons. The fourth-order valence-corrected chi connectivity index (χ4v) is 11.6. The lowest BCUT2D eigenvalue weighted by molar-refractivity contribution is 0.501. The molecule has 0 saturated carbocycles. The molecule has 0 bridgehead atoms. The molecule has 0 aliphatic carbocycles. The van der Waals surface area contributed by atoms with E-state index in [9.17, 15) is 0 Å². The first-order valence-electron chi connectivity index (χ1n) is 3.57. The summed E-state index contributed by atoms with van der Waals surface area (Å²) in [5.41, 5.74) is 0. The zero-order valence-corrected chi connectivity index (χ0v) is 11.1. The molecule has 4 heteroatoms. The van der Waals surface area contributed by atoms with Gasteiger partial charge in [0.1, 0.15) is 0 Å². The summed E-state index contributed by atoms with van der Waals surface area (Å²) in [7, 11) is 2.47. The molecule has 0 aromatic carbocycles. The average Bonchev–Trinajstić information content (AvgIpc) is 1.83. The summed E-state index contributed by atoms with van der Waals surface area (Å²) in [5.74, 6) is 0. The van der Waals surface area contributed by atoms with Crippen molar-refractivity contribution in [1.82, 2.24) is 4.57 Å². The lowest BCUT2D eigenvalue weighted by Gasteiger charge is -2.15. The third-order valence-electron chi connectivity index (χ3n) is 1.43. The molecule has 0 saturated heterocycles. The first-order chi connectivity index (χ1) is 3.85. The minimum Gasteiger partial charge on any atom is -0.333 e. The van der Waals surface area contributed by atoms with Crippen molar-refractivity contribution in [3.63, 3.8) is 0 Å². The summed E-state index contributed by atoms with van der Waals surface area (Å²) < 4.78 is 2.67. The van der Waals surface area contributed by atoms with Crippen LogP contribution in [0.4, 0.5) is 0 Å². The van der Waals surface area contributed by atoms with E-state index in [-0.39, 0.29) is 0 Å². The second-order valence-electron chi connectivity index (χ2n) is 2.03. The number of rotatable bonds is 4. The van der Waals surface area contributed by atoms with E-state index >= 15 is 0 Å². The van der Waals surface area contributed by atoms with E-state index in [2.05, 4.69) is 18.4 Å². The van der Waals surface area contributed by atoms with Gasteiger partial charge in [0.05, 0.1) is 9.20 Å². The van der Waals surface area contributed by atoms with Gasteiger partial charge in [-0.3, -0.25) is 0 Å². The van der Waals surface area contributed by atoms with Crippen molar-refractivity contribution in [3.05, 3.63) is 0 Å². The lowest BCUT2D eigenvalue weighted by Crippen LogP contribution is -2.31. The minimum atomic E-state index is 0.370. The van der Waals surface area contributed by atoms with Crippen LogP contribution in [0.2, 0.25) is 0 Å². The third-order valence-corrected chi connectivity index (χ3v) is 10.7. The van der Waals surface area contributed by atoms with Gasteiger partial charge in [-0.1, -0.05) is 13.8 Å².